The predicted molar refractivity (Wildman–Crippen MR) is 86.8 cm³/mol. The minimum atomic E-state index is -0.926. The smallest absolute Gasteiger partial charge is 0.323 e. The predicted octanol–water partition coefficient (Wildman–Crippen LogP) is 2.92. The van der Waals surface area contributed by atoms with Crippen LogP contribution in [0.25, 0.3) is 23.0 Å². The van der Waals surface area contributed by atoms with Crippen molar-refractivity contribution in [2.24, 2.45) is 0 Å². The first-order valence-electron chi connectivity index (χ1n) is 7.36. The highest BCUT2D eigenvalue weighted by Gasteiger charge is 2.20. The first-order chi connectivity index (χ1) is 11.5. The molecule has 0 unspecified atom stereocenters. The van der Waals surface area contributed by atoms with Gasteiger partial charge in [-0.3, -0.25) is 4.79 Å². The van der Waals surface area contributed by atoms with Gasteiger partial charge >= 0.3 is 5.97 Å². The second-order valence-electron chi connectivity index (χ2n) is 5.44. The Morgan fingerprint density at radius 1 is 1.21 bits per heavy atom. The Morgan fingerprint density at radius 2 is 1.88 bits per heavy atom. The summed E-state index contributed by atoms with van der Waals surface area (Å²) in [6, 6.07) is 9.16. The van der Waals surface area contributed by atoms with Crippen molar-refractivity contribution in [2.45, 2.75) is 20.4 Å². The monoisotopic (exact) mass is 327 g/mol. The number of carboxylic acids is 1. The van der Waals surface area contributed by atoms with Gasteiger partial charge in [0.05, 0.1) is 7.11 Å². The minimum Gasteiger partial charge on any atom is -0.497 e. The zero-order chi connectivity index (χ0) is 17.3. The van der Waals surface area contributed by atoms with E-state index >= 15 is 0 Å². The molecule has 0 bridgehead atoms. The van der Waals surface area contributed by atoms with Crippen LogP contribution >= 0.6 is 0 Å². The Morgan fingerprint density at radius 3 is 2.50 bits per heavy atom. The Kier molecular flexibility index (Phi) is 4.07. The molecule has 0 saturated heterocycles. The van der Waals surface area contributed by atoms with Crippen LogP contribution in [0.2, 0.25) is 0 Å². The van der Waals surface area contributed by atoms with Crippen molar-refractivity contribution in [3.63, 3.8) is 0 Å². The summed E-state index contributed by atoms with van der Waals surface area (Å²) < 4.78 is 12.5. The number of aromatic nitrogens is 3. The van der Waals surface area contributed by atoms with Crippen LogP contribution < -0.4 is 4.74 Å². The highest BCUT2D eigenvalue weighted by atomic mass is 16.5. The number of benzene rings is 1. The van der Waals surface area contributed by atoms with E-state index in [1.54, 1.807) is 11.7 Å². The van der Waals surface area contributed by atoms with Gasteiger partial charge < -0.3 is 18.8 Å². The van der Waals surface area contributed by atoms with E-state index in [1.165, 1.54) is 0 Å². The third kappa shape index (κ3) is 2.88. The fourth-order valence-corrected chi connectivity index (χ4v) is 2.64. The number of hydrogen-bond donors (Lipinski definition) is 1. The SMILES string of the molecule is COc1ccc(-c2nnc(-c3c(C)cc(C)n3CC(=O)O)o2)cc1. The topological polar surface area (TPSA) is 90.4 Å². The first-order valence-corrected chi connectivity index (χ1v) is 7.36. The van der Waals surface area contributed by atoms with Gasteiger partial charge in [-0.05, 0) is 49.7 Å². The Hall–Kier alpha value is -3.09. The second-order valence-corrected chi connectivity index (χ2v) is 5.44. The van der Waals surface area contributed by atoms with Crippen molar-refractivity contribution in [1.82, 2.24) is 14.8 Å². The van der Waals surface area contributed by atoms with Crippen molar-refractivity contribution < 1.29 is 19.1 Å². The Balaban J connectivity index is 2.00. The molecule has 0 spiro atoms. The number of carbonyl (C=O) groups is 1. The summed E-state index contributed by atoms with van der Waals surface area (Å²) in [7, 11) is 1.60. The number of rotatable bonds is 5. The van der Waals surface area contributed by atoms with E-state index in [2.05, 4.69) is 10.2 Å². The summed E-state index contributed by atoms with van der Waals surface area (Å²) in [5, 5.41) is 17.3. The second kappa shape index (κ2) is 6.19. The molecule has 7 nitrogen and oxygen atoms in total. The van der Waals surface area contributed by atoms with E-state index in [9.17, 15) is 4.79 Å². The maximum Gasteiger partial charge on any atom is 0.323 e. The van der Waals surface area contributed by atoms with Crippen molar-refractivity contribution in [3.8, 4) is 28.8 Å². The van der Waals surface area contributed by atoms with Gasteiger partial charge in [-0.25, -0.2) is 0 Å². The molecule has 0 aliphatic carbocycles. The number of nitrogens with zero attached hydrogens (tertiary/aromatic N) is 3. The molecule has 24 heavy (non-hydrogen) atoms. The fraction of sp³-hybridized carbons (Fsp3) is 0.235. The molecule has 2 heterocycles. The minimum absolute atomic E-state index is 0.157. The van der Waals surface area contributed by atoms with Crippen LogP contribution in [0.4, 0.5) is 0 Å². The summed E-state index contributed by atoms with van der Waals surface area (Å²) in [6.07, 6.45) is 0. The van der Waals surface area contributed by atoms with Gasteiger partial charge in [0.25, 0.3) is 5.89 Å². The maximum atomic E-state index is 11.1. The molecular weight excluding hydrogens is 310 g/mol. The average molecular weight is 327 g/mol. The van der Waals surface area contributed by atoms with Gasteiger partial charge in [0.15, 0.2) is 0 Å². The summed E-state index contributed by atoms with van der Waals surface area (Å²) in [5.74, 6) is 0.477. The average Bonchev–Trinajstić information content (AvgIpc) is 3.12. The Bertz CT molecular complexity index is 878. The zero-order valence-electron chi connectivity index (χ0n) is 13.6. The molecule has 0 radical (unpaired) electrons. The molecule has 7 heteroatoms. The lowest BCUT2D eigenvalue weighted by Gasteiger charge is -2.06. The van der Waals surface area contributed by atoms with Gasteiger partial charge in [0, 0.05) is 11.3 Å². The molecule has 0 fully saturated rings. The highest BCUT2D eigenvalue weighted by Crippen LogP contribution is 2.29. The van der Waals surface area contributed by atoms with E-state index in [-0.39, 0.29) is 6.54 Å². The number of aryl methyl sites for hydroxylation is 2. The van der Waals surface area contributed by atoms with Crippen LogP contribution in [0.5, 0.6) is 5.75 Å². The molecule has 0 aliphatic rings. The summed E-state index contributed by atoms with van der Waals surface area (Å²) in [5.41, 5.74) is 3.11. The molecule has 2 aromatic heterocycles. The van der Waals surface area contributed by atoms with E-state index in [0.29, 0.717) is 17.5 Å². The lowest BCUT2D eigenvalue weighted by Crippen LogP contribution is -2.11. The molecule has 3 aromatic rings. The molecular formula is C17H17N3O4. The molecule has 0 saturated carbocycles. The third-order valence-electron chi connectivity index (χ3n) is 3.75. The van der Waals surface area contributed by atoms with Crippen LogP contribution in [0, 0.1) is 13.8 Å². The van der Waals surface area contributed by atoms with E-state index in [1.807, 2.05) is 44.2 Å². The molecule has 124 valence electrons. The largest absolute Gasteiger partial charge is 0.497 e. The quantitative estimate of drug-likeness (QED) is 0.775. The lowest BCUT2D eigenvalue weighted by molar-refractivity contribution is -0.137. The van der Waals surface area contributed by atoms with Crippen LogP contribution in [-0.2, 0) is 11.3 Å². The number of carboxylic acid groups (broad SMARTS) is 1. The third-order valence-corrected chi connectivity index (χ3v) is 3.75. The number of methoxy groups -OCH3 is 1. The lowest BCUT2D eigenvalue weighted by atomic mass is 10.2. The number of ether oxygens (including phenoxy) is 1. The van der Waals surface area contributed by atoms with Crippen LogP contribution in [0.3, 0.4) is 0 Å². The van der Waals surface area contributed by atoms with Crippen LogP contribution in [0.1, 0.15) is 11.3 Å². The molecule has 3 rings (SSSR count). The molecule has 0 amide bonds. The van der Waals surface area contributed by atoms with Crippen LogP contribution in [0.15, 0.2) is 34.7 Å². The van der Waals surface area contributed by atoms with Crippen molar-refractivity contribution in [2.75, 3.05) is 7.11 Å². The van der Waals surface area contributed by atoms with Gasteiger partial charge in [0.1, 0.15) is 18.0 Å². The number of hydrogen-bond acceptors (Lipinski definition) is 5. The standard InChI is InChI=1S/C17H17N3O4/c1-10-8-11(2)20(9-14(21)22)15(10)17-19-18-16(24-17)12-4-6-13(23-3)7-5-12/h4-8H,9H2,1-3H3,(H,21,22). The normalized spacial score (nSPS) is 10.8. The van der Waals surface area contributed by atoms with Crippen molar-refractivity contribution in [1.29, 1.82) is 0 Å². The fourth-order valence-electron chi connectivity index (χ4n) is 2.64. The maximum absolute atomic E-state index is 11.1. The summed E-state index contributed by atoms with van der Waals surface area (Å²) in [6.45, 7) is 3.58. The van der Waals surface area contributed by atoms with E-state index < -0.39 is 5.97 Å². The molecule has 0 aliphatic heterocycles. The summed E-state index contributed by atoms with van der Waals surface area (Å²) in [4.78, 5) is 11.1. The van der Waals surface area contributed by atoms with Crippen molar-refractivity contribution >= 4 is 5.97 Å². The van der Waals surface area contributed by atoms with Gasteiger partial charge in [-0.15, -0.1) is 10.2 Å². The first kappa shape index (κ1) is 15.8. The zero-order valence-corrected chi connectivity index (χ0v) is 13.6. The van der Waals surface area contributed by atoms with Gasteiger partial charge in [-0.1, -0.05) is 0 Å². The summed E-state index contributed by atoms with van der Waals surface area (Å²) >= 11 is 0. The molecule has 1 N–H and O–H groups in total. The molecule has 0 atom stereocenters. The van der Waals surface area contributed by atoms with E-state index in [4.69, 9.17) is 14.3 Å². The Labute approximate surface area is 138 Å². The van der Waals surface area contributed by atoms with Gasteiger partial charge in [-0.2, -0.15) is 0 Å². The van der Waals surface area contributed by atoms with Gasteiger partial charge in [0.2, 0.25) is 5.89 Å². The molecule has 1 aromatic carbocycles. The highest BCUT2D eigenvalue weighted by molar-refractivity contribution is 5.69. The van der Waals surface area contributed by atoms with E-state index in [0.717, 1.165) is 22.6 Å². The van der Waals surface area contributed by atoms with Crippen molar-refractivity contribution in [3.05, 3.63) is 41.6 Å². The van der Waals surface area contributed by atoms with Crippen LogP contribution in [-0.4, -0.2) is 33.0 Å². The number of aliphatic carboxylic acids is 1.